The first-order chi connectivity index (χ1) is 10.2. The Hall–Kier alpha value is -2.20. The Morgan fingerprint density at radius 1 is 1.10 bits per heavy atom. The molecule has 1 aromatic carbocycles. The van der Waals surface area contributed by atoms with Crippen molar-refractivity contribution in [3.8, 4) is 0 Å². The van der Waals surface area contributed by atoms with Crippen molar-refractivity contribution >= 4 is 5.91 Å². The number of hydrogen-bond donors (Lipinski definition) is 1. The number of pyridine rings is 1. The number of rotatable bonds is 7. The second-order valence-electron chi connectivity index (χ2n) is 5.11. The Kier molecular flexibility index (Phi) is 5.91. The molecule has 1 heterocycles. The summed E-state index contributed by atoms with van der Waals surface area (Å²) in [6.07, 6.45) is 3.97. The Balaban J connectivity index is 1.66. The maximum Gasteiger partial charge on any atom is 0.221 e. The predicted molar refractivity (Wildman–Crippen MR) is 83.5 cm³/mol. The number of hydrogen-bond acceptors (Lipinski definition) is 3. The van der Waals surface area contributed by atoms with Crippen molar-refractivity contribution in [1.29, 1.82) is 0 Å². The molecule has 110 valence electrons. The van der Waals surface area contributed by atoms with Gasteiger partial charge in [-0.25, -0.2) is 0 Å². The number of aromatic nitrogens is 1. The summed E-state index contributed by atoms with van der Waals surface area (Å²) in [5.41, 5.74) is 2.33. The van der Waals surface area contributed by atoms with Crippen LogP contribution >= 0.6 is 0 Å². The number of nitrogens with one attached hydrogen (secondary N) is 1. The average Bonchev–Trinajstić information content (AvgIpc) is 2.53. The maximum absolute atomic E-state index is 11.8. The molecule has 0 radical (unpaired) electrons. The molecule has 2 rings (SSSR count). The summed E-state index contributed by atoms with van der Waals surface area (Å²) < 4.78 is 0. The van der Waals surface area contributed by atoms with Crippen LogP contribution < -0.4 is 5.32 Å². The molecule has 0 unspecified atom stereocenters. The van der Waals surface area contributed by atoms with Gasteiger partial charge < -0.3 is 10.2 Å². The van der Waals surface area contributed by atoms with Crippen LogP contribution in [0.15, 0.2) is 54.9 Å². The third-order valence-electron chi connectivity index (χ3n) is 3.25. The first kappa shape index (κ1) is 15.2. The third-order valence-corrected chi connectivity index (χ3v) is 3.25. The molecule has 4 nitrogen and oxygen atoms in total. The summed E-state index contributed by atoms with van der Waals surface area (Å²) in [7, 11) is 2.03. The lowest BCUT2D eigenvalue weighted by atomic mass is 10.2. The zero-order chi connectivity index (χ0) is 14.9. The van der Waals surface area contributed by atoms with Crippen LogP contribution in [0, 0.1) is 0 Å². The molecule has 0 bridgehead atoms. The van der Waals surface area contributed by atoms with Gasteiger partial charge in [0, 0.05) is 38.4 Å². The van der Waals surface area contributed by atoms with Gasteiger partial charge in [-0.2, -0.15) is 0 Å². The van der Waals surface area contributed by atoms with Crippen LogP contribution in [0.4, 0.5) is 0 Å². The van der Waals surface area contributed by atoms with Crippen LogP contribution in [-0.4, -0.2) is 29.4 Å². The second-order valence-corrected chi connectivity index (χ2v) is 5.11. The molecule has 1 N–H and O–H groups in total. The summed E-state index contributed by atoms with van der Waals surface area (Å²) in [5, 5.41) is 2.92. The first-order valence-corrected chi connectivity index (χ1v) is 7.12. The smallest absolute Gasteiger partial charge is 0.221 e. The van der Waals surface area contributed by atoms with Crippen molar-refractivity contribution in [3.63, 3.8) is 0 Å². The highest BCUT2D eigenvalue weighted by atomic mass is 16.1. The quantitative estimate of drug-likeness (QED) is 0.847. The molecule has 1 aromatic heterocycles. The summed E-state index contributed by atoms with van der Waals surface area (Å²) in [4.78, 5) is 17.9. The average molecular weight is 283 g/mol. The van der Waals surface area contributed by atoms with Crippen molar-refractivity contribution in [2.24, 2.45) is 0 Å². The van der Waals surface area contributed by atoms with Gasteiger partial charge >= 0.3 is 0 Å². The van der Waals surface area contributed by atoms with E-state index in [0.717, 1.165) is 18.7 Å². The van der Waals surface area contributed by atoms with Crippen molar-refractivity contribution in [2.45, 2.75) is 19.5 Å². The predicted octanol–water partition coefficient (Wildman–Crippen LogP) is 2.22. The van der Waals surface area contributed by atoms with E-state index < -0.39 is 0 Å². The molecule has 2 aromatic rings. The fourth-order valence-electron chi connectivity index (χ4n) is 2.06. The van der Waals surface area contributed by atoms with E-state index in [1.165, 1.54) is 5.56 Å². The van der Waals surface area contributed by atoms with Crippen molar-refractivity contribution in [2.75, 3.05) is 13.6 Å². The molecule has 21 heavy (non-hydrogen) atoms. The molecule has 0 atom stereocenters. The summed E-state index contributed by atoms with van der Waals surface area (Å²) >= 11 is 0. The highest BCUT2D eigenvalue weighted by Gasteiger charge is 2.05. The van der Waals surface area contributed by atoms with Gasteiger partial charge in [-0.05, 0) is 30.3 Å². The largest absolute Gasteiger partial charge is 0.352 e. The molecular formula is C17H21N3O. The molecular weight excluding hydrogens is 262 g/mol. The van der Waals surface area contributed by atoms with Crippen LogP contribution in [-0.2, 0) is 17.9 Å². The van der Waals surface area contributed by atoms with Gasteiger partial charge in [0.1, 0.15) is 0 Å². The lowest BCUT2D eigenvalue weighted by Crippen LogP contribution is -2.28. The van der Waals surface area contributed by atoms with E-state index in [1.807, 2.05) is 37.4 Å². The summed E-state index contributed by atoms with van der Waals surface area (Å²) in [6.45, 7) is 2.17. The Morgan fingerprint density at radius 3 is 2.52 bits per heavy atom. The number of carbonyl (C=O) groups is 1. The van der Waals surface area contributed by atoms with Gasteiger partial charge in [0.05, 0.1) is 0 Å². The molecule has 1 amide bonds. The molecule has 0 fully saturated rings. The third kappa shape index (κ3) is 5.75. The van der Waals surface area contributed by atoms with Gasteiger partial charge in [0.2, 0.25) is 5.91 Å². The number of nitrogens with zero attached hydrogens (tertiary/aromatic N) is 2. The van der Waals surface area contributed by atoms with Crippen LogP contribution in [0.5, 0.6) is 0 Å². The minimum Gasteiger partial charge on any atom is -0.352 e. The van der Waals surface area contributed by atoms with Gasteiger partial charge in [-0.3, -0.25) is 9.78 Å². The number of benzene rings is 1. The summed E-state index contributed by atoms with van der Waals surface area (Å²) in [6, 6.07) is 14.1. The van der Waals surface area contributed by atoms with Gasteiger partial charge in [0.15, 0.2) is 0 Å². The molecule has 0 saturated heterocycles. The fourth-order valence-corrected chi connectivity index (χ4v) is 2.06. The van der Waals surface area contributed by atoms with Gasteiger partial charge in [-0.1, -0.05) is 30.3 Å². The minimum absolute atomic E-state index is 0.0757. The highest BCUT2D eigenvalue weighted by molar-refractivity contribution is 5.76. The molecule has 4 heteroatoms. The zero-order valence-electron chi connectivity index (χ0n) is 12.3. The minimum atomic E-state index is 0.0757. The van der Waals surface area contributed by atoms with E-state index in [4.69, 9.17) is 0 Å². The molecule has 0 aliphatic heterocycles. The summed E-state index contributed by atoms with van der Waals surface area (Å²) in [5.74, 6) is 0.0757. The van der Waals surface area contributed by atoms with Gasteiger partial charge in [-0.15, -0.1) is 0 Å². The van der Waals surface area contributed by atoms with E-state index in [1.54, 1.807) is 12.4 Å². The lowest BCUT2D eigenvalue weighted by Gasteiger charge is -2.16. The van der Waals surface area contributed by atoms with E-state index in [2.05, 4.69) is 27.3 Å². The van der Waals surface area contributed by atoms with Crippen LogP contribution in [0.1, 0.15) is 17.5 Å². The molecule has 0 spiro atoms. The van der Waals surface area contributed by atoms with E-state index in [-0.39, 0.29) is 5.91 Å². The monoisotopic (exact) mass is 283 g/mol. The van der Waals surface area contributed by atoms with E-state index in [0.29, 0.717) is 13.0 Å². The van der Waals surface area contributed by atoms with Crippen LogP contribution in [0.2, 0.25) is 0 Å². The topological polar surface area (TPSA) is 45.2 Å². The lowest BCUT2D eigenvalue weighted by molar-refractivity contribution is -0.121. The second kappa shape index (κ2) is 8.17. The van der Waals surface area contributed by atoms with Crippen molar-refractivity contribution in [3.05, 3.63) is 66.0 Å². The first-order valence-electron chi connectivity index (χ1n) is 7.12. The Morgan fingerprint density at radius 2 is 1.81 bits per heavy atom. The zero-order valence-corrected chi connectivity index (χ0v) is 12.3. The van der Waals surface area contributed by atoms with Crippen LogP contribution in [0.25, 0.3) is 0 Å². The number of carbonyl (C=O) groups excluding carboxylic acids is 1. The van der Waals surface area contributed by atoms with E-state index >= 15 is 0 Å². The highest BCUT2D eigenvalue weighted by Crippen LogP contribution is 2.03. The normalized spacial score (nSPS) is 10.6. The van der Waals surface area contributed by atoms with Gasteiger partial charge in [0.25, 0.3) is 0 Å². The standard InChI is InChI=1S/C17H21N3O/c1-20(14-16-5-3-2-4-6-16)12-9-17(21)19-13-15-7-10-18-11-8-15/h2-8,10-11H,9,12-14H2,1H3,(H,19,21). The molecule has 0 aliphatic rings. The molecule has 0 aliphatic carbocycles. The Labute approximate surface area is 125 Å². The molecule has 0 saturated carbocycles. The van der Waals surface area contributed by atoms with Crippen molar-refractivity contribution in [1.82, 2.24) is 15.2 Å². The fraction of sp³-hybridized carbons (Fsp3) is 0.294. The maximum atomic E-state index is 11.8. The van der Waals surface area contributed by atoms with Crippen LogP contribution in [0.3, 0.4) is 0 Å². The van der Waals surface area contributed by atoms with Crippen molar-refractivity contribution < 1.29 is 4.79 Å². The number of amides is 1. The SMILES string of the molecule is CN(CCC(=O)NCc1ccncc1)Cc1ccccc1. The Bertz CT molecular complexity index is 542. The van der Waals surface area contributed by atoms with E-state index in [9.17, 15) is 4.79 Å².